The molecule has 3 aromatic rings. The first-order valence-electron chi connectivity index (χ1n) is 8.19. The lowest BCUT2D eigenvalue weighted by molar-refractivity contribution is -0.656. The van der Waals surface area contributed by atoms with E-state index < -0.39 is 37.1 Å². The first kappa shape index (κ1) is 20.7. The number of rotatable bonds is 5. The molecule has 0 spiro atoms. The molecule has 0 fully saturated rings. The van der Waals surface area contributed by atoms with Crippen molar-refractivity contribution in [2.75, 3.05) is 10.8 Å². The molecular formula is C16H14FN2O8S3+. The summed E-state index contributed by atoms with van der Waals surface area (Å²) in [6, 6.07) is 6.03. The molecule has 1 aromatic carbocycles. The van der Waals surface area contributed by atoms with Gasteiger partial charge in [-0.2, -0.15) is 21.2 Å². The summed E-state index contributed by atoms with van der Waals surface area (Å²) in [7, 11) is -8.98. The van der Waals surface area contributed by atoms with Crippen LogP contribution in [-0.4, -0.2) is 31.8 Å². The largest absolute Gasteiger partial charge is 0.438 e. The predicted molar refractivity (Wildman–Crippen MR) is 104 cm³/mol. The Labute approximate surface area is 173 Å². The van der Waals surface area contributed by atoms with Gasteiger partial charge in [-0.25, -0.2) is 0 Å². The van der Waals surface area contributed by atoms with Crippen molar-refractivity contribution in [3.8, 4) is 5.75 Å². The van der Waals surface area contributed by atoms with Crippen LogP contribution in [0.3, 0.4) is 0 Å². The van der Waals surface area contributed by atoms with Crippen molar-refractivity contribution in [3.63, 3.8) is 0 Å². The topological polar surface area (TPSA) is 138 Å². The Hall–Kier alpha value is -2.52. The van der Waals surface area contributed by atoms with Gasteiger partial charge < -0.3 is 9.15 Å². The third-order valence-corrected chi connectivity index (χ3v) is 6.19. The maximum atomic E-state index is 13.6. The van der Waals surface area contributed by atoms with Gasteiger partial charge in [-0.1, -0.05) is 6.07 Å². The van der Waals surface area contributed by atoms with Crippen LogP contribution in [0.5, 0.6) is 5.75 Å². The molecule has 1 aliphatic rings. The van der Waals surface area contributed by atoms with Crippen LogP contribution < -0.4 is 14.2 Å². The number of hydrogen-bond donors (Lipinski definition) is 2. The molecule has 0 radical (unpaired) electrons. The summed E-state index contributed by atoms with van der Waals surface area (Å²) < 4.78 is 90.2. The molecule has 4 rings (SSSR count). The second kappa shape index (κ2) is 7.02. The smallest absolute Gasteiger partial charge is 0.381 e. The molecule has 0 amide bonds. The zero-order valence-electron chi connectivity index (χ0n) is 15.1. The number of fused-ring (bicyclic) bond motifs is 2. The monoisotopic (exact) mass is 477 g/mol. The molecule has 0 saturated heterocycles. The normalized spacial score (nSPS) is 15.7. The molecule has 14 heteroatoms. The maximum absolute atomic E-state index is 13.6. The lowest BCUT2D eigenvalue weighted by Crippen LogP contribution is -2.39. The van der Waals surface area contributed by atoms with E-state index in [4.69, 9.17) is 9.15 Å². The highest BCUT2D eigenvalue weighted by molar-refractivity contribution is 7.85. The lowest BCUT2D eigenvalue weighted by atomic mass is 10.2. The Morgan fingerprint density at radius 1 is 1.20 bits per heavy atom. The van der Waals surface area contributed by atoms with Gasteiger partial charge in [-0.3, -0.25) is 14.0 Å². The third-order valence-electron chi connectivity index (χ3n) is 4.09. The van der Waals surface area contributed by atoms with Gasteiger partial charge in [-0.15, -0.1) is 4.57 Å². The van der Waals surface area contributed by atoms with Crippen molar-refractivity contribution in [3.05, 3.63) is 46.7 Å². The zero-order chi connectivity index (χ0) is 21.8. The van der Waals surface area contributed by atoms with E-state index in [1.165, 1.54) is 6.08 Å². The molecule has 30 heavy (non-hydrogen) atoms. The number of anilines is 1. The highest BCUT2D eigenvalue weighted by Gasteiger charge is 2.34. The van der Waals surface area contributed by atoms with Crippen molar-refractivity contribution in [1.29, 1.82) is 0 Å². The van der Waals surface area contributed by atoms with Crippen LogP contribution in [0.25, 0.3) is 16.5 Å². The Bertz CT molecular complexity index is 1410. The average Bonchev–Trinajstić information content (AvgIpc) is 3.19. The van der Waals surface area contributed by atoms with Crippen LogP contribution >= 0.6 is 11.3 Å². The number of ether oxygens (including phenoxy) is 1. The molecule has 3 heterocycles. The van der Waals surface area contributed by atoms with Crippen LogP contribution in [0.1, 0.15) is 11.5 Å². The Morgan fingerprint density at radius 2 is 1.93 bits per heavy atom. The van der Waals surface area contributed by atoms with Gasteiger partial charge in [0, 0.05) is 6.07 Å². The minimum absolute atomic E-state index is 0.0284. The van der Waals surface area contributed by atoms with Crippen molar-refractivity contribution in [2.24, 2.45) is 0 Å². The fraction of sp³-hybridized carbons (Fsp3) is 0.188. The second-order valence-electron chi connectivity index (χ2n) is 6.49. The molecular weight excluding hydrogens is 463 g/mol. The molecule has 0 aliphatic carbocycles. The molecule has 0 saturated carbocycles. The number of oxazole rings is 1. The average molecular weight is 477 g/mol. The Balaban J connectivity index is 1.86. The second-order valence-corrected chi connectivity index (χ2v) is 10.3. The van der Waals surface area contributed by atoms with Crippen molar-refractivity contribution >= 4 is 53.7 Å². The molecule has 0 unspecified atom stereocenters. The summed E-state index contributed by atoms with van der Waals surface area (Å²) in [4.78, 5) is 1.26. The van der Waals surface area contributed by atoms with Gasteiger partial charge in [0.2, 0.25) is 11.5 Å². The summed E-state index contributed by atoms with van der Waals surface area (Å²) >= 11 is 0.606. The molecule has 2 aromatic heterocycles. The highest BCUT2D eigenvalue weighted by atomic mass is 32.2. The van der Waals surface area contributed by atoms with Crippen molar-refractivity contribution < 1.29 is 44.1 Å². The number of thiophene rings is 1. The van der Waals surface area contributed by atoms with E-state index in [0.717, 1.165) is 21.1 Å². The molecule has 0 bridgehead atoms. The Kier molecular flexibility index (Phi) is 4.85. The van der Waals surface area contributed by atoms with Gasteiger partial charge >= 0.3 is 20.8 Å². The predicted octanol–water partition coefficient (Wildman–Crippen LogP) is 2.12. The molecule has 10 nitrogen and oxygen atoms in total. The van der Waals surface area contributed by atoms with Crippen LogP contribution in [0.15, 0.2) is 34.6 Å². The van der Waals surface area contributed by atoms with Gasteiger partial charge in [0.05, 0.1) is 5.69 Å². The molecule has 160 valence electrons. The fourth-order valence-electron chi connectivity index (χ4n) is 2.98. The standard InChI is InChI=1S/C16H13FN2O8S3/c1-9-2-3-11-10(4-9)18(7-29(20,21)22)14(26-11)6-15-19(8-30(23,24)25)16-12(27-15)5-13(17)28-16/h2-6H,7-8H2,1H3,(H-,20,21,22,23,24,25)/p+1. The Morgan fingerprint density at radius 3 is 2.60 bits per heavy atom. The maximum Gasteiger partial charge on any atom is 0.381 e. The number of aromatic nitrogens is 1. The fourth-order valence-corrected chi connectivity index (χ4v) is 5.05. The van der Waals surface area contributed by atoms with Crippen LogP contribution in [0.2, 0.25) is 0 Å². The van der Waals surface area contributed by atoms with Crippen LogP contribution in [0.4, 0.5) is 10.1 Å². The number of hydrogen-bond acceptors (Lipinski definition) is 8. The summed E-state index contributed by atoms with van der Waals surface area (Å²) in [5.74, 6) is -1.69. The minimum atomic E-state index is -4.52. The van der Waals surface area contributed by atoms with Gasteiger partial charge in [-0.05, 0) is 36.0 Å². The first-order valence-corrected chi connectivity index (χ1v) is 12.2. The summed E-state index contributed by atoms with van der Waals surface area (Å²) in [6.07, 6.45) is 1.19. The third kappa shape index (κ3) is 4.17. The number of nitrogens with zero attached hydrogens (tertiary/aromatic N) is 2. The van der Waals surface area contributed by atoms with E-state index in [-0.39, 0.29) is 22.2 Å². The summed E-state index contributed by atoms with van der Waals surface area (Å²) in [5, 5.41) is -0.625. The molecule has 2 N–H and O–H groups in total. The lowest BCUT2D eigenvalue weighted by Gasteiger charge is -2.15. The van der Waals surface area contributed by atoms with Crippen molar-refractivity contribution in [1.82, 2.24) is 0 Å². The number of aryl methyl sites for hydroxylation is 1. The minimum Gasteiger partial charge on any atom is -0.438 e. The molecule has 1 aliphatic heterocycles. The van der Waals surface area contributed by atoms with Crippen molar-refractivity contribution in [2.45, 2.75) is 12.8 Å². The quantitative estimate of drug-likeness (QED) is 0.418. The summed E-state index contributed by atoms with van der Waals surface area (Å²) in [5.41, 5.74) is 1.19. The van der Waals surface area contributed by atoms with Gasteiger partial charge in [0.25, 0.3) is 16.0 Å². The SMILES string of the molecule is Cc1ccc2c(c1)N(CS(=O)(=O)O)C(=Cc1oc3cc(F)sc3[n+]1CS(=O)(=O)O)O2. The number of halogens is 1. The van der Waals surface area contributed by atoms with E-state index in [1.54, 1.807) is 25.1 Å². The van der Waals surface area contributed by atoms with Crippen LogP contribution in [-0.2, 0) is 26.1 Å². The van der Waals surface area contributed by atoms with E-state index in [2.05, 4.69) is 0 Å². The van der Waals surface area contributed by atoms with E-state index in [1.807, 2.05) is 0 Å². The van der Waals surface area contributed by atoms with Gasteiger partial charge in [0.15, 0.2) is 16.8 Å². The van der Waals surface area contributed by atoms with Crippen LogP contribution in [0, 0.1) is 12.1 Å². The van der Waals surface area contributed by atoms with Gasteiger partial charge in [0.1, 0.15) is 6.08 Å². The number of benzene rings is 1. The highest BCUT2D eigenvalue weighted by Crippen LogP contribution is 2.40. The van der Waals surface area contributed by atoms with E-state index >= 15 is 0 Å². The molecule has 0 atom stereocenters. The van der Waals surface area contributed by atoms with E-state index in [0.29, 0.717) is 22.8 Å². The first-order chi connectivity index (χ1) is 13.9. The summed E-state index contributed by atoms with van der Waals surface area (Å²) in [6.45, 7) is 1.78. The van der Waals surface area contributed by atoms with E-state index in [9.17, 15) is 30.3 Å². The zero-order valence-corrected chi connectivity index (χ0v) is 17.6.